The lowest BCUT2D eigenvalue weighted by Crippen LogP contribution is -2.24. The maximum atomic E-state index is 12.0. The molecule has 1 aliphatic rings. The van der Waals surface area contributed by atoms with E-state index in [9.17, 15) is 4.79 Å². The van der Waals surface area contributed by atoms with Crippen LogP contribution >= 0.6 is 0 Å². The monoisotopic (exact) mass is 216 g/mol. The van der Waals surface area contributed by atoms with Gasteiger partial charge >= 0.3 is 0 Å². The number of allylic oxidation sites excluding steroid dienone is 3. The third-order valence-electron chi connectivity index (χ3n) is 2.92. The van der Waals surface area contributed by atoms with E-state index in [2.05, 4.69) is 13.8 Å². The van der Waals surface area contributed by atoms with Crippen LogP contribution in [0.2, 0.25) is 0 Å². The SMILES string of the molecule is CC1=CC(=O)C(=Cc2ccco2)C(C)(C)C1. The van der Waals surface area contributed by atoms with Crippen molar-refractivity contribution in [3.05, 3.63) is 41.4 Å². The molecule has 0 unspecified atom stereocenters. The van der Waals surface area contributed by atoms with Crippen LogP contribution in [-0.4, -0.2) is 5.78 Å². The van der Waals surface area contributed by atoms with Gasteiger partial charge in [-0.15, -0.1) is 0 Å². The van der Waals surface area contributed by atoms with Crippen LogP contribution in [0.5, 0.6) is 0 Å². The van der Waals surface area contributed by atoms with Gasteiger partial charge in [0.25, 0.3) is 0 Å². The van der Waals surface area contributed by atoms with Gasteiger partial charge in [0, 0.05) is 5.57 Å². The normalized spacial score (nSPS) is 22.3. The first kappa shape index (κ1) is 10.9. The molecule has 0 saturated heterocycles. The topological polar surface area (TPSA) is 30.2 Å². The van der Waals surface area contributed by atoms with Crippen molar-refractivity contribution in [2.24, 2.45) is 5.41 Å². The Balaban J connectivity index is 2.44. The molecule has 0 amide bonds. The van der Waals surface area contributed by atoms with Gasteiger partial charge in [-0.1, -0.05) is 19.4 Å². The lowest BCUT2D eigenvalue weighted by Gasteiger charge is -2.30. The Hall–Kier alpha value is -1.57. The number of ketones is 1. The minimum absolute atomic E-state index is 0.102. The second kappa shape index (κ2) is 3.78. The van der Waals surface area contributed by atoms with Crippen LogP contribution in [0, 0.1) is 5.41 Å². The molecule has 1 aromatic rings. The number of furan rings is 1. The molecule has 0 aliphatic heterocycles. The first-order chi connectivity index (χ1) is 7.49. The van der Waals surface area contributed by atoms with Gasteiger partial charge in [-0.25, -0.2) is 0 Å². The molecule has 0 saturated carbocycles. The van der Waals surface area contributed by atoms with Crippen molar-refractivity contribution in [1.29, 1.82) is 0 Å². The molecule has 0 aromatic carbocycles. The molecule has 0 bridgehead atoms. The summed E-state index contributed by atoms with van der Waals surface area (Å²) in [6.45, 7) is 6.19. The lowest BCUT2D eigenvalue weighted by molar-refractivity contribution is -0.112. The second-order valence-corrected chi connectivity index (χ2v) is 4.99. The summed E-state index contributed by atoms with van der Waals surface area (Å²) in [7, 11) is 0. The Labute approximate surface area is 95.7 Å². The summed E-state index contributed by atoms with van der Waals surface area (Å²) in [5.41, 5.74) is 1.86. The zero-order valence-electron chi connectivity index (χ0n) is 9.91. The van der Waals surface area contributed by atoms with Crippen molar-refractivity contribution >= 4 is 11.9 Å². The molecule has 2 rings (SSSR count). The molecule has 2 nitrogen and oxygen atoms in total. The maximum Gasteiger partial charge on any atom is 0.182 e. The summed E-state index contributed by atoms with van der Waals surface area (Å²) >= 11 is 0. The number of hydrogen-bond donors (Lipinski definition) is 0. The van der Waals surface area contributed by atoms with E-state index in [0.29, 0.717) is 0 Å². The Morgan fingerprint density at radius 1 is 1.44 bits per heavy atom. The number of carbonyl (C=O) groups is 1. The second-order valence-electron chi connectivity index (χ2n) is 4.99. The van der Waals surface area contributed by atoms with Crippen LogP contribution < -0.4 is 0 Å². The fourth-order valence-corrected chi connectivity index (χ4v) is 2.26. The number of rotatable bonds is 1. The van der Waals surface area contributed by atoms with Gasteiger partial charge in [0.1, 0.15) is 5.76 Å². The zero-order chi connectivity index (χ0) is 11.8. The first-order valence-corrected chi connectivity index (χ1v) is 5.46. The highest BCUT2D eigenvalue weighted by atomic mass is 16.3. The van der Waals surface area contributed by atoms with Crippen LogP contribution in [0.1, 0.15) is 33.0 Å². The fourth-order valence-electron chi connectivity index (χ4n) is 2.26. The third kappa shape index (κ3) is 2.01. The highest BCUT2D eigenvalue weighted by Crippen LogP contribution is 2.38. The average molecular weight is 216 g/mol. The van der Waals surface area contributed by atoms with Crippen LogP contribution in [0.25, 0.3) is 6.08 Å². The van der Waals surface area contributed by atoms with Gasteiger partial charge in [0.2, 0.25) is 0 Å². The summed E-state index contributed by atoms with van der Waals surface area (Å²) in [5, 5.41) is 0. The molecule has 2 heteroatoms. The van der Waals surface area contributed by atoms with E-state index in [1.54, 1.807) is 12.3 Å². The van der Waals surface area contributed by atoms with Gasteiger partial charge < -0.3 is 4.42 Å². The van der Waals surface area contributed by atoms with Crippen molar-refractivity contribution in [3.8, 4) is 0 Å². The molecule has 1 heterocycles. The molecule has 0 fully saturated rings. The molecule has 0 N–H and O–H groups in total. The Morgan fingerprint density at radius 2 is 2.19 bits per heavy atom. The third-order valence-corrected chi connectivity index (χ3v) is 2.92. The summed E-state index contributed by atoms with van der Waals surface area (Å²) in [4.78, 5) is 12.0. The van der Waals surface area contributed by atoms with E-state index in [0.717, 1.165) is 23.3 Å². The average Bonchev–Trinajstić information content (AvgIpc) is 2.62. The van der Waals surface area contributed by atoms with Crippen molar-refractivity contribution in [2.75, 3.05) is 0 Å². The largest absolute Gasteiger partial charge is 0.465 e. The molecular weight excluding hydrogens is 200 g/mol. The Morgan fingerprint density at radius 3 is 2.75 bits per heavy atom. The van der Waals surface area contributed by atoms with Crippen LogP contribution in [0.3, 0.4) is 0 Å². The highest BCUT2D eigenvalue weighted by molar-refractivity contribution is 6.09. The molecular formula is C14H16O2. The molecule has 0 spiro atoms. The summed E-state index contributed by atoms with van der Waals surface area (Å²) in [5.74, 6) is 0.842. The predicted octanol–water partition coefficient (Wildman–Crippen LogP) is 3.61. The van der Waals surface area contributed by atoms with Gasteiger partial charge in [-0.2, -0.15) is 0 Å². The standard InChI is InChI=1S/C14H16O2/c1-10-7-13(15)12(14(2,3)9-10)8-11-5-4-6-16-11/h4-8H,9H2,1-3H3. The zero-order valence-corrected chi connectivity index (χ0v) is 9.91. The predicted molar refractivity (Wildman–Crippen MR) is 63.8 cm³/mol. The summed E-state index contributed by atoms with van der Waals surface area (Å²) in [6, 6.07) is 3.69. The van der Waals surface area contributed by atoms with Gasteiger partial charge in [0.05, 0.1) is 6.26 Å². The quantitative estimate of drug-likeness (QED) is 0.671. The van der Waals surface area contributed by atoms with Crippen LogP contribution in [0.4, 0.5) is 0 Å². The van der Waals surface area contributed by atoms with Crippen molar-refractivity contribution in [1.82, 2.24) is 0 Å². The Kier molecular flexibility index (Phi) is 2.58. The summed E-state index contributed by atoms with van der Waals surface area (Å²) in [6.07, 6.45) is 6.12. The van der Waals surface area contributed by atoms with Gasteiger partial charge in [0.15, 0.2) is 5.78 Å². The smallest absolute Gasteiger partial charge is 0.182 e. The van der Waals surface area contributed by atoms with Gasteiger partial charge in [-0.3, -0.25) is 4.79 Å². The highest BCUT2D eigenvalue weighted by Gasteiger charge is 2.31. The molecule has 1 aliphatic carbocycles. The van der Waals surface area contributed by atoms with E-state index < -0.39 is 0 Å². The van der Waals surface area contributed by atoms with E-state index in [4.69, 9.17) is 4.42 Å². The molecule has 0 radical (unpaired) electrons. The minimum Gasteiger partial charge on any atom is -0.465 e. The maximum absolute atomic E-state index is 12.0. The first-order valence-electron chi connectivity index (χ1n) is 5.46. The Bertz CT molecular complexity index is 459. The van der Waals surface area contributed by atoms with E-state index >= 15 is 0 Å². The molecule has 1 aromatic heterocycles. The summed E-state index contributed by atoms with van der Waals surface area (Å²) < 4.78 is 5.26. The lowest BCUT2D eigenvalue weighted by atomic mass is 9.73. The van der Waals surface area contributed by atoms with E-state index in [-0.39, 0.29) is 11.2 Å². The minimum atomic E-state index is -0.108. The van der Waals surface area contributed by atoms with Crippen molar-refractivity contribution in [3.63, 3.8) is 0 Å². The van der Waals surface area contributed by atoms with Crippen LogP contribution in [-0.2, 0) is 4.79 Å². The molecule has 84 valence electrons. The number of hydrogen-bond acceptors (Lipinski definition) is 2. The molecule has 16 heavy (non-hydrogen) atoms. The van der Waals surface area contributed by atoms with Gasteiger partial charge in [-0.05, 0) is 43.0 Å². The van der Waals surface area contributed by atoms with Crippen molar-refractivity contribution in [2.45, 2.75) is 27.2 Å². The fraction of sp³-hybridized carbons (Fsp3) is 0.357. The van der Waals surface area contributed by atoms with Crippen LogP contribution in [0.15, 0.2) is 40.0 Å². The van der Waals surface area contributed by atoms with E-state index in [1.165, 1.54) is 0 Å². The van der Waals surface area contributed by atoms with E-state index in [1.807, 2.05) is 25.1 Å². The van der Waals surface area contributed by atoms with Crippen molar-refractivity contribution < 1.29 is 9.21 Å². The molecule has 0 atom stereocenters. The number of carbonyl (C=O) groups excluding carboxylic acids is 1.